The van der Waals surface area contributed by atoms with Gasteiger partial charge in [-0.2, -0.15) is 4.39 Å². The Labute approximate surface area is 110 Å². The first-order valence-electron chi connectivity index (χ1n) is 5.46. The number of amides is 1. The lowest BCUT2D eigenvalue weighted by Gasteiger charge is -2.36. The van der Waals surface area contributed by atoms with E-state index in [9.17, 15) is 28.5 Å². The molecule has 1 N–H and O–H groups in total. The minimum Gasteiger partial charge on any atom is -0.481 e. The van der Waals surface area contributed by atoms with Crippen LogP contribution >= 0.6 is 0 Å². The molecule has 106 valence electrons. The van der Waals surface area contributed by atoms with E-state index in [2.05, 4.69) is 0 Å². The van der Waals surface area contributed by atoms with Crippen LogP contribution < -0.4 is 0 Å². The number of hydrogen-bond donors (Lipinski definition) is 1. The molecular weight excluding hydrogens is 278 g/mol. The molecule has 0 aromatic heterocycles. The van der Waals surface area contributed by atoms with Crippen molar-refractivity contribution in [3.05, 3.63) is 39.4 Å². The highest BCUT2D eigenvalue weighted by atomic mass is 19.1. The Morgan fingerprint density at radius 2 is 1.90 bits per heavy atom. The second kappa shape index (κ2) is 4.83. The smallest absolute Gasteiger partial charge is 0.310 e. The predicted molar refractivity (Wildman–Crippen MR) is 60.0 cm³/mol. The summed E-state index contributed by atoms with van der Waals surface area (Å²) in [4.78, 5) is 32.9. The van der Waals surface area contributed by atoms with Gasteiger partial charge in [-0.05, 0) is 0 Å². The van der Waals surface area contributed by atoms with E-state index in [0.717, 1.165) is 4.90 Å². The molecule has 1 aliphatic rings. The molecule has 1 amide bonds. The molecule has 0 saturated carbocycles. The van der Waals surface area contributed by atoms with Crippen molar-refractivity contribution in [3.63, 3.8) is 0 Å². The zero-order valence-corrected chi connectivity index (χ0v) is 9.88. The first-order chi connectivity index (χ1) is 9.31. The lowest BCUT2D eigenvalue weighted by atomic mass is 9.99. The standard InChI is InChI=1S/C11H8F2N2O5/c12-7-2-8(13)9(15(19)20)1-6(7)10(16)14-3-5(4-14)11(17)18/h1-2,5H,3-4H2,(H,17,18). The number of carbonyl (C=O) groups excluding carboxylic acids is 1. The predicted octanol–water partition coefficient (Wildman–Crippen LogP) is 1.03. The Bertz CT molecular complexity index is 613. The number of likely N-dealkylation sites (tertiary alicyclic amines) is 1. The van der Waals surface area contributed by atoms with Crippen molar-refractivity contribution < 1.29 is 28.4 Å². The van der Waals surface area contributed by atoms with Crippen LogP contribution in [0.15, 0.2) is 12.1 Å². The van der Waals surface area contributed by atoms with Crippen molar-refractivity contribution >= 4 is 17.6 Å². The first kappa shape index (κ1) is 13.8. The van der Waals surface area contributed by atoms with Gasteiger partial charge in [-0.15, -0.1) is 0 Å². The minimum atomic E-state index is -1.38. The number of nitrogens with zero attached hydrogens (tertiary/aromatic N) is 2. The highest BCUT2D eigenvalue weighted by Gasteiger charge is 2.37. The highest BCUT2D eigenvalue weighted by molar-refractivity contribution is 5.96. The van der Waals surface area contributed by atoms with Crippen molar-refractivity contribution in [1.82, 2.24) is 4.90 Å². The monoisotopic (exact) mass is 286 g/mol. The summed E-state index contributed by atoms with van der Waals surface area (Å²) in [5, 5.41) is 19.2. The largest absolute Gasteiger partial charge is 0.481 e. The molecule has 1 aromatic carbocycles. The van der Waals surface area contributed by atoms with Gasteiger partial charge in [-0.3, -0.25) is 19.7 Å². The van der Waals surface area contributed by atoms with Crippen LogP contribution in [0.4, 0.5) is 14.5 Å². The fourth-order valence-electron chi connectivity index (χ4n) is 1.81. The van der Waals surface area contributed by atoms with Gasteiger partial charge >= 0.3 is 11.7 Å². The van der Waals surface area contributed by atoms with Crippen LogP contribution in [0.2, 0.25) is 0 Å². The molecule has 1 saturated heterocycles. The molecule has 20 heavy (non-hydrogen) atoms. The minimum absolute atomic E-state index is 0.112. The van der Waals surface area contributed by atoms with Gasteiger partial charge in [0.05, 0.1) is 16.4 Å². The summed E-state index contributed by atoms with van der Waals surface area (Å²) in [7, 11) is 0. The van der Waals surface area contributed by atoms with Gasteiger partial charge in [0, 0.05) is 25.2 Å². The molecule has 1 fully saturated rings. The van der Waals surface area contributed by atoms with Crippen LogP contribution in [0, 0.1) is 27.7 Å². The first-order valence-corrected chi connectivity index (χ1v) is 5.46. The van der Waals surface area contributed by atoms with Crippen LogP contribution in [-0.4, -0.2) is 39.9 Å². The summed E-state index contributed by atoms with van der Waals surface area (Å²) in [5.41, 5.74) is -1.66. The zero-order chi connectivity index (χ0) is 15.0. The molecule has 0 spiro atoms. The third-order valence-electron chi connectivity index (χ3n) is 2.98. The van der Waals surface area contributed by atoms with E-state index in [1.807, 2.05) is 0 Å². The van der Waals surface area contributed by atoms with Crippen molar-refractivity contribution in [2.45, 2.75) is 0 Å². The number of hydrogen-bond acceptors (Lipinski definition) is 4. The molecule has 7 nitrogen and oxygen atoms in total. The van der Waals surface area contributed by atoms with Crippen molar-refractivity contribution in [1.29, 1.82) is 0 Å². The molecule has 0 radical (unpaired) electrons. The van der Waals surface area contributed by atoms with Crippen molar-refractivity contribution in [2.75, 3.05) is 13.1 Å². The molecule has 1 heterocycles. The fourth-order valence-corrected chi connectivity index (χ4v) is 1.81. The summed E-state index contributed by atoms with van der Waals surface area (Å²) < 4.78 is 26.6. The van der Waals surface area contributed by atoms with Crippen LogP contribution in [0.1, 0.15) is 10.4 Å². The Morgan fingerprint density at radius 3 is 2.40 bits per heavy atom. The second-order valence-corrected chi connectivity index (χ2v) is 4.29. The lowest BCUT2D eigenvalue weighted by Crippen LogP contribution is -2.53. The van der Waals surface area contributed by atoms with E-state index in [4.69, 9.17) is 5.11 Å². The maximum Gasteiger partial charge on any atom is 0.310 e. The molecule has 9 heteroatoms. The Kier molecular flexibility index (Phi) is 3.35. The van der Waals surface area contributed by atoms with Crippen LogP contribution in [0.3, 0.4) is 0 Å². The lowest BCUT2D eigenvalue weighted by molar-refractivity contribution is -0.387. The Morgan fingerprint density at radius 1 is 1.30 bits per heavy atom. The van der Waals surface area contributed by atoms with Gasteiger partial charge in [0.25, 0.3) is 5.91 Å². The number of carboxylic acids is 1. The van der Waals surface area contributed by atoms with Gasteiger partial charge in [-0.25, -0.2) is 4.39 Å². The van der Waals surface area contributed by atoms with E-state index in [1.54, 1.807) is 0 Å². The molecule has 0 atom stereocenters. The van der Waals surface area contributed by atoms with Crippen LogP contribution in [0.5, 0.6) is 0 Å². The number of benzene rings is 1. The number of halogens is 2. The SMILES string of the molecule is O=C(O)C1CN(C(=O)c2cc([N+](=O)[O-])c(F)cc2F)C1. The van der Waals surface area contributed by atoms with E-state index in [0.29, 0.717) is 6.07 Å². The number of nitro groups is 1. The van der Waals surface area contributed by atoms with Gasteiger partial charge in [-0.1, -0.05) is 0 Å². The van der Waals surface area contributed by atoms with E-state index in [1.165, 1.54) is 0 Å². The maximum atomic E-state index is 13.5. The molecule has 1 aliphatic heterocycles. The highest BCUT2D eigenvalue weighted by Crippen LogP contribution is 2.25. The van der Waals surface area contributed by atoms with Crippen LogP contribution in [-0.2, 0) is 4.79 Å². The van der Waals surface area contributed by atoms with E-state index >= 15 is 0 Å². The molecule has 2 rings (SSSR count). The molecule has 1 aromatic rings. The topological polar surface area (TPSA) is 101 Å². The summed E-state index contributed by atoms with van der Waals surface area (Å²) in [5.74, 6) is -5.33. The van der Waals surface area contributed by atoms with Gasteiger partial charge in [0.15, 0.2) is 0 Å². The van der Waals surface area contributed by atoms with Crippen molar-refractivity contribution in [3.8, 4) is 0 Å². The zero-order valence-electron chi connectivity index (χ0n) is 9.88. The summed E-state index contributed by atoms with van der Waals surface area (Å²) >= 11 is 0. The summed E-state index contributed by atoms with van der Waals surface area (Å²) in [6.45, 7) is -0.225. The Hall–Kier alpha value is -2.58. The number of rotatable bonds is 3. The van der Waals surface area contributed by atoms with Gasteiger partial charge < -0.3 is 10.0 Å². The quantitative estimate of drug-likeness (QED) is 0.660. The van der Waals surface area contributed by atoms with E-state index < -0.39 is 45.6 Å². The average Bonchev–Trinajstić information content (AvgIpc) is 2.25. The van der Waals surface area contributed by atoms with E-state index in [-0.39, 0.29) is 19.2 Å². The number of carbonyl (C=O) groups is 2. The third kappa shape index (κ3) is 2.29. The van der Waals surface area contributed by atoms with Crippen LogP contribution in [0.25, 0.3) is 0 Å². The number of aliphatic carboxylic acids is 1. The number of nitro benzene ring substituents is 1. The molecule has 0 bridgehead atoms. The molecule has 0 aliphatic carbocycles. The molecular formula is C11H8F2N2O5. The van der Waals surface area contributed by atoms with Crippen molar-refractivity contribution in [2.24, 2.45) is 5.92 Å². The average molecular weight is 286 g/mol. The normalized spacial score (nSPS) is 14.8. The summed E-state index contributed by atoms with van der Waals surface area (Å²) in [6, 6.07) is 0.779. The number of carboxylic acid groups (broad SMARTS) is 1. The fraction of sp³-hybridized carbons (Fsp3) is 0.273. The van der Waals surface area contributed by atoms with Gasteiger partial charge in [0.2, 0.25) is 5.82 Å². The maximum absolute atomic E-state index is 13.5. The molecule has 0 unspecified atom stereocenters. The Balaban J connectivity index is 2.25. The second-order valence-electron chi connectivity index (χ2n) is 4.29. The van der Waals surface area contributed by atoms with Gasteiger partial charge in [0.1, 0.15) is 5.82 Å². The third-order valence-corrected chi connectivity index (χ3v) is 2.98. The summed E-state index contributed by atoms with van der Waals surface area (Å²) in [6.07, 6.45) is 0.